The molecule has 0 aromatic heterocycles. The number of hydrogen-bond donors (Lipinski definition) is 0. The van der Waals surface area contributed by atoms with Crippen LogP contribution in [0.1, 0.15) is 58.8 Å². The maximum Gasteiger partial charge on any atom is 0.195 e. The van der Waals surface area contributed by atoms with Crippen LogP contribution in [0.3, 0.4) is 0 Å². The van der Waals surface area contributed by atoms with Crippen molar-refractivity contribution in [2.75, 3.05) is 19.8 Å². The molecule has 122 valence electrons. The van der Waals surface area contributed by atoms with Gasteiger partial charge < -0.3 is 18.9 Å². The molecule has 0 radical (unpaired) electrons. The van der Waals surface area contributed by atoms with Crippen LogP contribution in [0.25, 0.3) is 0 Å². The van der Waals surface area contributed by atoms with Crippen LogP contribution in [-0.4, -0.2) is 43.9 Å². The van der Waals surface area contributed by atoms with E-state index in [1.54, 1.807) is 0 Å². The Bertz CT molecular complexity index is 329. The predicted molar refractivity (Wildman–Crippen MR) is 80.2 cm³/mol. The normalized spacial score (nSPS) is 40.6. The maximum atomic E-state index is 6.23. The summed E-state index contributed by atoms with van der Waals surface area (Å²) in [6.45, 7) is 6.36. The zero-order chi connectivity index (χ0) is 14.7. The lowest BCUT2D eigenvalue weighted by molar-refractivity contribution is -0.279. The van der Waals surface area contributed by atoms with E-state index < -0.39 is 5.79 Å². The Morgan fingerprint density at radius 3 is 2.62 bits per heavy atom. The van der Waals surface area contributed by atoms with Crippen LogP contribution in [-0.2, 0) is 18.9 Å². The van der Waals surface area contributed by atoms with Gasteiger partial charge >= 0.3 is 0 Å². The summed E-state index contributed by atoms with van der Waals surface area (Å²) >= 11 is 0. The third-order valence-electron chi connectivity index (χ3n) is 5.33. The molecule has 2 bridgehead atoms. The third-order valence-corrected chi connectivity index (χ3v) is 5.33. The Balaban J connectivity index is 1.56. The SMILES string of the molecule is CCO[C@@H]1C[C@H](OCC2CCCCC2)[C@H]2CO[C@]1(CC)O2. The van der Waals surface area contributed by atoms with Crippen LogP contribution in [0.2, 0.25) is 0 Å². The minimum Gasteiger partial charge on any atom is -0.375 e. The first-order valence-corrected chi connectivity index (χ1v) is 8.82. The number of fused-ring (bicyclic) bond motifs is 2. The van der Waals surface area contributed by atoms with E-state index in [0.29, 0.717) is 13.2 Å². The Kier molecular flexibility index (Phi) is 5.20. The van der Waals surface area contributed by atoms with Gasteiger partial charge in [0.2, 0.25) is 0 Å². The first-order valence-electron chi connectivity index (χ1n) is 8.82. The molecule has 1 aliphatic carbocycles. The molecule has 2 aliphatic heterocycles. The van der Waals surface area contributed by atoms with Gasteiger partial charge in [-0.15, -0.1) is 0 Å². The number of rotatable bonds is 6. The van der Waals surface area contributed by atoms with E-state index in [1.807, 2.05) is 6.92 Å². The predicted octanol–water partition coefficient (Wildman–Crippen LogP) is 3.28. The van der Waals surface area contributed by atoms with E-state index in [0.717, 1.165) is 25.4 Å². The standard InChI is InChI=1S/C17H30O4/c1-3-17-16(18-4-2)10-14(15(21-17)12-20-17)19-11-13-8-6-5-7-9-13/h13-16H,3-12H2,1-2H3/t14-,15+,16+,17+/m0/s1. The Hall–Kier alpha value is -0.160. The number of ether oxygens (including phenoxy) is 4. The Morgan fingerprint density at radius 2 is 1.90 bits per heavy atom. The van der Waals surface area contributed by atoms with Crippen LogP contribution in [0.5, 0.6) is 0 Å². The lowest BCUT2D eigenvalue weighted by atomic mass is 9.90. The molecular weight excluding hydrogens is 268 g/mol. The van der Waals surface area contributed by atoms with Crippen molar-refractivity contribution in [2.24, 2.45) is 5.92 Å². The van der Waals surface area contributed by atoms with E-state index in [4.69, 9.17) is 18.9 Å². The minimum absolute atomic E-state index is 0.00241. The summed E-state index contributed by atoms with van der Waals surface area (Å²) in [6.07, 6.45) is 8.72. The zero-order valence-corrected chi connectivity index (χ0v) is 13.5. The van der Waals surface area contributed by atoms with E-state index >= 15 is 0 Å². The lowest BCUT2D eigenvalue weighted by Crippen LogP contribution is -2.53. The second kappa shape index (κ2) is 6.95. The minimum atomic E-state index is -0.522. The third kappa shape index (κ3) is 3.29. The summed E-state index contributed by atoms with van der Waals surface area (Å²) in [6, 6.07) is 0. The van der Waals surface area contributed by atoms with Crippen LogP contribution in [0.4, 0.5) is 0 Å². The highest BCUT2D eigenvalue weighted by Crippen LogP contribution is 2.42. The second-order valence-corrected chi connectivity index (χ2v) is 6.69. The van der Waals surface area contributed by atoms with Crippen molar-refractivity contribution in [1.82, 2.24) is 0 Å². The quantitative estimate of drug-likeness (QED) is 0.754. The maximum absolute atomic E-state index is 6.23. The van der Waals surface area contributed by atoms with E-state index in [9.17, 15) is 0 Å². The average molecular weight is 298 g/mol. The van der Waals surface area contributed by atoms with E-state index in [1.165, 1.54) is 32.1 Å². The van der Waals surface area contributed by atoms with Gasteiger partial charge in [0.1, 0.15) is 12.2 Å². The molecule has 0 amide bonds. The zero-order valence-electron chi connectivity index (χ0n) is 13.5. The van der Waals surface area contributed by atoms with Gasteiger partial charge in [0.25, 0.3) is 0 Å². The van der Waals surface area contributed by atoms with Crippen LogP contribution < -0.4 is 0 Å². The van der Waals surface area contributed by atoms with Gasteiger partial charge in [-0.25, -0.2) is 0 Å². The molecular formula is C17H30O4. The average Bonchev–Trinajstić information content (AvgIpc) is 2.91. The molecule has 0 unspecified atom stereocenters. The van der Waals surface area contributed by atoms with Crippen molar-refractivity contribution in [3.05, 3.63) is 0 Å². The fraction of sp³-hybridized carbons (Fsp3) is 1.00. The molecule has 3 aliphatic rings. The topological polar surface area (TPSA) is 36.9 Å². The van der Waals surface area contributed by atoms with Crippen molar-refractivity contribution < 1.29 is 18.9 Å². The molecule has 1 saturated carbocycles. The van der Waals surface area contributed by atoms with Gasteiger partial charge in [-0.2, -0.15) is 0 Å². The highest BCUT2D eigenvalue weighted by molar-refractivity contribution is 4.96. The van der Waals surface area contributed by atoms with Gasteiger partial charge in [-0.3, -0.25) is 0 Å². The molecule has 0 aromatic carbocycles. The monoisotopic (exact) mass is 298 g/mol. The molecule has 0 aromatic rings. The summed E-state index contributed by atoms with van der Waals surface area (Å²) in [5.41, 5.74) is 0. The molecule has 0 N–H and O–H groups in total. The molecule has 4 atom stereocenters. The van der Waals surface area contributed by atoms with Crippen molar-refractivity contribution in [2.45, 2.75) is 82.9 Å². The van der Waals surface area contributed by atoms with Crippen LogP contribution >= 0.6 is 0 Å². The fourth-order valence-electron chi connectivity index (χ4n) is 4.04. The molecule has 3 fully saturated rings. The summed E-state index contributed by atoms with van der Waals surface area (Å²) in [5, 5.41) is 0. The van der Waals surface area contributed by atoms with Crippen LogP contribution in [0.15, 0.2) is 0 Å². The first kappa shape index (κ1) is 15.7. The summed E-state index contributed by atoms with van der Waals surface area (Å²) in [4.78, 5) is 0. The highest BCUT2D eigenvalue weighted by atomic mass is 16.8. The summed E-state index contributed by atoms with van der Waals surface area (Å²) in [5.74, 6) is 0.218. The largest absolute Gasteiger partial charge is 0.375 e. The van der Waals surface area contributed by atoms with Gasteiger partial charge in [0.05, 0.1) is 12.7 Å². The Labute approximate surface area is 128 Å². The van der Waals surface area contributed by atoms with Gasteiger partial charge in [-0.1, -0.05) is 26.2 Å². The molecule has 2 saturated heterocycles. The van der Waals surface area contributed by atoms with Crippen molar-refractivity contribution in [3.8, 4) is 0 Å². The summed E-state index contributed by atoms with van der Waals surface area (Å²) < 4.78 is 24.3. The van der Waals surface area contributed by atoms with E-state index in [2.05, 4.69) is 6.92 Å². The molecule has 4 heteroatoms. The van der Waals surface area contributed by atoms with Crippen molar-refractivity contribution >= 4 is 0 Å². The number of hydrogen-bond acceptors (Lipinski definition) is 4. The fourth-order valence-corrected chi connectivity index (χ4v) is 4.04. The van der Waals surface area contributed by atoms with E-state index in [-0.39, 0.29) is 18.3 Å². The Morgan fingerprint density at radius 1 is 1.10 bits per heavy atom. The highest BCUT2D eigenvalue weighted by Gasteiger charge is 2.55. The molecule has 3 rings (SSSR count). The first-order chi connectivity index (χ1) is 10.3. The van der Waals surface area contributed by atoms with Gasteiger partial charge in [0, 0.05) is 26.1 Å². The smallest absolute Gasteiger partial charge is 0.195 e. The second-order valence-electron chi connectivity index (χ2n) is 6.69. The molecule has 2 heterocycles. The van der Waals surface area contributed by atoms with Gasteiger partial charge in [-0.05, 0) is 25.7 Å². The van der Waals surface area contributed by atoms with Crippen molar-refractivity contribution in [1.29, 1.82) is 0 Å². The van der Waals surface area contributed by atoms with Crippen molar-refractivity contribution in [3.63, 3.8) is 0 Å². The lowest BCUT2D eigenvalue weighted by Gasteiger charge is -2.41. The summed E-state index contributed by atoms with van der Waals surface area (Å²) in [7, 11) is 0. The molecule has 21 heavy (non-hydrogen) atoms. The molecule has 4 nitrogen and oxygen atoms in total. The molecule has 0 spiro atoms. The van der Waals surface area contributed by atoms with Crippen LogP contribution in [0, 0.1) is 5.92 Å². The van der Waals surface area contributed by atoms with Gasteiger partial charge in [0.15, 0.2) is 5.79 Å².